The molecule has 1 saturated heterocycles. The van der Waals surface area contributed by atoms with E-state index in [4.69, 9.17) is 4.74 Å². The van der Waals surface area contributed by atoms with Gasteiger partial charge in [0.25, 0.3) is 0 Å². The van der Waals surface area contributed by atoms with Gasteiger partial charge in [-0.25, -0.2) is 8.78 Å². The van der Waals surface area contributed by atoms with Crippen LogP contribution in [-0.4, -0.2) is 26.3 Å². The maximum atomic E-state index is 13.8. The van der Waals surface area contributed by atoms with Crippen LogP contribution in [0.2, 0.25) is 0 Å². The fraction of sp³-hybridized carbons (Fsp3) is 0.600. The summed E-state index contributed by atoms with van der Waals surface area (Å²) < 4.78 is 32.5. The van der Waals surface area contributed by atoms with Gasteiger partial charge in [0.1, 0.15) is 0 Å². The van der Waals surface area contributed by atoms with Gasteiger partial charge < -0.3 is 10.1 Å². The fourth-order valence-electron chi connectivity index (χ4n) is 2.61. The van der Waals surface area contributed by atoms with Crippen molar-refractivity contribution in [1.29, 1.82) is 0 Å². The molecule has 0 bridgehead atoms. The molecule has 1 atom stereocenters. The van der Waals surface area contributed by atoms with Crippen LogP contribution in [0.3, 0.4) is 0 Å². The number of rotatable bonds is 6. The van der Waals surface area contributed by atoms with Crippen LogP contribution in [0.4, 0.5) is 8.78 Å². The Bertz CT molecular complexity index is 417. The van der Waals surface area contributed by atoms with Gasteiger partial charge in [-0.15, -0.1) is 0 Å². The van der Waals surface area contributed by atoms with Crippen molar-refractivity contribution in [1.82, 2.24) is 5.32 Å². The zero-order chi connectivity index (χ0) is 13.7. The van der Waals surface area contributed by atoms with Crippen molar-refractivity contribution in [2.75, 3.05) is 26.3 Å². The number of hydrogen-bond donors (Lipinski definition) is 1. The van der Waals surface area contributed by atoms with Gasteiger partial charge in [-0.1, -0.05) is 19.1 Å². The molecule has 1 aliphatic heterocycles. The highest BCUT2D eigenvalue weighted by atomic mass is 19.2. The zero-order valence-electron chi connectivity index (χ0n) is 11.3. The van der Waals surface area contributed by atoms with Gasteiger partial charge in [0.05, 0.1) is 6.61 Å². The standard InChI is InChI=1S/C15H21F2NO/c1-2-7-18-10-15(6-8-19-11-15)9-12-4-3-5-13(16)14(12)17/h3-5,18H,2,6-11H2,1H3. The van der Waals surface area contributed by atoms with Gasteiger partial charge in [-0.3, -0.25) is 0 Å². The summed E-state index contributed by atoms with van der Waals surface area (Å²) in [6.07, 6.45) is 2.47. The number of hydrogen-bond acceptors (Lipinski definition) is 2. The lowest BCUT2D eigenvalue weighted by Crippen LogP contribution is -2.37. The Morgan fingerprint density at radius 2 is 2.21 bits per heavy atom. The number of benzene rings is 1. The smallest absolute Gasteiger partial charge is 0.162 e. The summed E-state index contributed by atoms with van der Waals surface area (Å²) in [5.41, 5.74) is 0.341. The van der Waals surface area contributed by atoms with Crippen LogP contribution in [0.1, 0.15) is 25.3 Å². The van der Waals surface area contributed by atoms with Crippen molar-refractivity contribution in [2.24, 2.45) is 5.41 Å². The molecule has 1 fully saturated rings. The molecule has 0 radical (unpaired) electrons. The third kappa shape index (κ3) is 3.51. The van der Waals surface area contributed by atoms with Crippen molar-refractivity contribution in [3.63, 3.8) is 0 Å². The summed E-state index contributed by atoms with van der Waals surface area (Å²) >= 11 is 0. The highest BCUT2D eigenvalue weighted by Gasteiger charge is 2.35. The van der Waals surface area contributed by atoms with Crippen molar-refractivity contribution >= 4 is 0 Å². The van der Waals surface area contributed by atoms with E-state index in [0.29, 0.717) is 25.2 Å². The van der Waals surface area contributed by atoms with Crippen molar-refractivity contribution in [3.8, 4) is 0 Å². The van der Waals surface area contributed by atoms with E-state index < -0.39 is 11.6 Å². The van der Waals surface area contributed by atoms with Crippen LogP contribution in [0.25, 0.3) is 0 Å². The van der Waals surface area contributed by atoms with Gasteiger partial charge in [0, 0.05) is 18.6 Å². The summed E-state index contributed by atoms with van der Waals surface area (Å²) in [5, 5.41) is 3.38. The van der Waals surface area contributed by atoms with Crippen molar-refractivity contribution in [3.05, 3.63) is 35.4 Å². The molecule has 1 heterocycles. The largest absolute Gasteiger partial charge is 0.381 e. The minimum absolute atomic E-state index is 0.107. The predicted octanol–water partition coefficient (Wildman–Crippen LogP) is 2.91. The van der Waals surface area contributed by atoms with Crippen LogP contribution in [-0.2, 0) is 11.2 Å². The van der Waals surface area contributed by atoms with Crippen LogP contribution in [0.15, 0.2) is 18.2 Å². The summed E-state index contributed by atoms with van der Waals surface area (Å²) in [5.74, 6) is -1.49. The fourth-order valence-corrected chi connectivity index (χ4v) is 2.61. The lowest BCUT2D eigenvalue weighted by atomic mass is 9.80. The number of halogens is 2. The Hall–Kier alpha value is -1.00. The normalized spacial score (nSPS) is 22.9. The summed E-state index contributed by atoms with van der Waals surface area (Å²) in [4.78, 5) is 0. The molecule has 2 rings (SSSR count). The third-order valence-electron chi connectivity index (χ3n) is 3.71. The van der Waals surface area contributed by atoms with Gasteiger partial charge in [0.15, 0.2) is 11.6 Å². The van der Waals surface area contributed by atoms with Crippen molar-refractivity contribution in [2.45, 2.75) is 26.2 Å². The van der Waals surface area contributed by atoms with E-state index in [1.165, 1.54) is 0 Å². The predicted molar refractivity (Wildman–Crippen MR) is 71.1 cm³/mol. The molecule has 1 aromatic carbocycles. The highest BCUT2D eigenvalue weighted by molar-refractivity contribution is 5.21. The average molecular weight is 269 g/mol. The Labute approximate surface area is 113 Å². The maximum Gasteiger partial charge on any atom is 0.162 e. The van der Waals surface area contributed by atoms with E-state index in [-0.39, 0.29) is 5.41 Å². The molecular weight excluding hydrogens is 248 g/mol. The first-order chi connectivity index (χ1) is 9.17. The van der Waals surface area contributed by atoms with Gasteiger partial charge in [0.2, 0.25) is 0 Å². The Kier molecular flexibility index (Phi) is 4.88. The Balaban J connectivity index is 2.09. The Morgan fingerprint density at radius 1 is 1.37 bits per heavy atom. The molecule has 0 amide bonds. The second-order valence-corrected chi connectivity index (χ2v) is 5.37. The second kappa shape index (κ2) is 6.44. The van der Waals surface area contributed by atoms with Gasteiger partial charge in [-0.2, -0.15) is 0 Å². The minimum atomic E-state index is -0.770. The molecule has 1 aromatic rings. The maximum absolute atomic E-state index is 13.8. The monoisotopic (exact) mass is 269 g/mol. The minimum Gasteiger partial charge on any atom is -0.381 e. The molecule has 19 heavy (non-hydrogen) atoms. The molecule has 4 heteroatoms. The lowest BCUT2D eigenvalue weighted by molar-refractivity contribution is 0.148. The number of nitrogens with one attached hydrogen (secondary N) is 1. The number of ether oxygens (including phenoxy) is 1. The lowest BCUT2D eigenvalue weighted by Gasteiger charge is -2.28. The third-order valence-corrected chi connectivity index (χ3v) is 3.71. The summed E-state index contributed by atoms with van der Waals surface area (Å²) in [6.45, 7) is 5.14. The van der Waals surface area contributed by atoms with E-state index >= 15 is 0 Å². The van der Waals surface area contributed by atoms with E-state index in [1.54, 1.807) is 12.1 Å². The van der Waals surface area contributed by atoms with Gasteiger partial charge in [-0.05, 0) is 37.4 Å². The first kappa shape index (κ1) is 14.4. The molecule has 1 N–H and O–H groups in total. The van der Waals surface area contributed by atoms with E-state index in [1.807, 2.05) is 0 Å². The molecule has 2 nitrogen and oxygen atoms in total. The SMILES string of the molecule is CCCNCC1(Cc2cccc(F)c2F)CCOC1. The van der Waals surface area contributed by atoms with Crippen LogP contribution < -0.4 is 5.32 Å². The van der Waals surface area contributed by atoms with Crippen molar-refractivity contribution < 1.29 is 13.5 Å². The molecular formula is C15H21F2NO. The van der Waals surface area contributed by atoms with Crippen LogP contribution in [0, 0.1) is 17.0 Å². The van der Waals surface area contributed by atoms with Crippen LogP contribution in [0.5, 0.6) is 0 Å². The van der Waals surface area contributed by atoms with E-state index in [2.05, 4.69) is 12.2 Å². The molecule has 106 valence electrons. The average Bonchev–Trinajstić information content (AvgIpc) is 2.84. The molecule has 0 aromatic heterocycles. The molecule has 0 spiro atoms. The first-order valence-corrected chi connectivity index (χ1v) is 6.88. The topological polar surface area (TPSA) is 21.3 Å². The van der Waals surface area contributed by atoms with E-state index in [9.17, 15) is 8.78 Å². The quantitative estimate of drug-likeness (QED) is 0.802. The Morgan fingerprint density at radius 3 is 2.89 bits per heavy atom. The summed E-state index contributed by atoms with van der Waals surface area (Å²) in [6, 6.07) is 4.39. The van der Waals surface area contributed by atoms with Crippen LogP contribution >= 0.6 is 0 Å². The zero-order valence-corrected chi connectivity index (χ0v) is 11.3. The first-order valence-electron chi connectivity index (χ1n) is 6.88. The molecule has 0 saturated carbocycles. The summed E-state index contributed by atoms with van der Waals surface area (Å²) in [7, 11) is 0. The highest BCUT2D eigenvalue weighted by Crippen LogP contribution is 2.33. The molecule has 1 unspecified atom stereocenters. The molecule has 1 aliphatic rings. The molecule has 0 aliphatic carbocycles. The van der Waals surface area contributed by atoms with Gasteiger partial charge >= 0.3 is 0 Å². The second-order valence-electron chi connectivity index (χ2n) is 5.37. The van der Waals surface area contributed by atoms with E-state index in [0.717, 1.165) is 32.0 Å².